The van der Waals surface area contributed by atoms with E-state index in [1.807, 2.05) is 6.07 Å². The van der Waals surface area contributed by atoms with Crippen LogP contribution >= 0.6 is 0 Å². The Kier molecular flexibility index (Phi) is 5.73. The Balaban J connectivity index is 1.92. The van der Waals surface area contributed by atoms with E-state index < -0.39 is 10.9 Å². The molecule has 0 heterocycles. The molecule has 0 radical (unpaired) electrons. The van der Waals surface area contributed by atoms with Gasteiger partial charge in [-0.25, -0.2) is 0 Å². The van der Waals surface area contributed by atoms with Gasteiger partial charge in [0, 0.05) is 18.6 Å². The molecule has 7 nitrogen and oxygen atoms in total. The van der Waals surface area contributed by atoms with Crippen LogP contribution in [0.4, 0.5) is 5.69 Å². The lowest BCUT2D eigenvalue weighted by Gasteiger charge is -2.09. The minimum absolute atomic E-state index is 0.0554. The fourth-order valence-corrected chi connectivity index (χ4v) is 2.10. The number of non-ortho nitro benzene ring substituents is 1. The van der Waals surface area contributed by atoms with Gasteiger partial charge in [-0.3, -0.25) is 14.9 Å². The molecule has 0 N–H and O–H groups in total. The van der Waals surface area contributed by atoms with Crippen LogP contribution in [0.15, 0.2) is 42.5 Å². The number of ether oxygens (including phenoxy) is 3. The van der Waals surface area contributed by atoms with Crippen molar-refractivity contribution in [2.24, 2.45) is 0 Å². The molecule has 0 aliphatic rings. The molecule has 0 amide bonds. The van der Waals surface area contributed by atoms with Crippen molar-refractivity contribution >= 4 is 11.7 Å². The SMILES string of the molecule is COc1ccc(CCC(=O)Oc2ccc([N+](=O)[O-])cc2)cc1OC. The molecule has 2 rings (SSSR count). The zero-order valence-corrected chi connectivity index (χ0v) is 13.4. The first-order chi connectivity index (χ1) is 11.5. The highest BCUT2D eigenvalue weighted by atomic mass is 16.6. The van der Waals surface area contributed by atoms with E-state index in [0.29, 0.717) is 17.9 Å². The van der Waals surface area contributed by atoms with Crippen LogP contribution in [0.25, 0.3) is 0 Å². The Morgan fingerprint density at radius 1 is 1.04 bits per heavy atom. The third-order valence-corrected chi connectivity index (χ3v) is 3.34. The summed E-state index contributed by atoms with van der Waals surface area (Å²) in [5.74, 6) is 1.07. The first-order valence-corrected chi connectivity index (χ1v) is 7.19. The molecule has 0 unspecified atom stereocenters. The zero-order valence-electron chi connectivity index (χ0n) is 13.4. The topological polar surface area (TPSA) is 87.9 Å². The maximum atomic E-state index is 11.9. The van der Waals surface area contributed by atoms with E-state index in [1.165, 1.54) is 24.3 Å². The van der Waals surface area contributed by atoms with Gasteiger partial charge in [0.15, 0.2) is 11.5 Å². The summed E-state index contributed by atoms with van der Waals surface area (Å²) in [6, 6.07) is 10.8. The molecule has 0 aliphatic heterocycles. The van der Waals surface area contributed by atoms with Crippen molar-refractivity contribution in [1.29, 1.82) is 0 Å². The average molecular weight is 331 g/mol. The summed E-state index contributed by atoms with van der Waals surface area (Å²) >= 11 is 0. The van der Waals surface area contributed by atoms with Gasteiger partial charge in [-0.15, -0.1) is 0 Å². The Morgan fingerprint density at radius 2 is 1.71 bits per heavy atom. The lowest BCUT2D eigenvalue weighted by atomic mass is 10.1. The summed E-state index contributed by atoms with van der Waals surface area (Å²) in [6.45, 7) is 0. The van der Waals surface area contributed by atoms with Gasteiger partial charge in [-0.2, -0.15) is 0 Å². The third-order valence-electron chi connectivity index (χ3n) is 3.34. The van der Waals surface area contributed by atoms with Gasteiger partial charge in [-0.1, -0.05) is 6.07 Å². The van der Waals surface area contributed by atoms with Crippen LogP contribution in [-0.2, 0) is 11.2 Å². The summed E-state index contributed by atoms with van der Waals surface area (Å²) in [7, 11) is 3.10. The number of rotatable bonds is 7. The number of hydrogen-bond acceptors (Lipinski definition) is 6. The largest absolute Gasteiger partial charge is 0.493 e. The first-order valence-electron chi connectivity index (χ1n) is 7.19. The number of aryl methyl sites for hydroxylation is 1. The van der Waals surface area contributed by atoms with Crippen LogP contribution in [0.1, 0.15) is 12.0 Å². The highest BCUT2D eigenvalue weighted by Crippen LogP contribution is 2.28. The average Bonchev–Trinajstić information content (AvgIpc) is 2.60. The normalized spacial score (nSPS) is 10.1. The molecule has 0 spiro atoms. The van der Waals surface area contributed by atoms with Crippen LogP contribution in [0, 0.1) is 10.1 Å². The predicted molar refractivity (Wildman–Crippen MR) is 86.6 cm³/mol. The van der Waals surface area contributed by atoms with Crippen molar-refractivity contribution in [1.82, 2.24) is 0 Å². The van der Waals surface area contributed by atoms with Crippen LogP contribution in [0.2, 0.25) is 0 Å². The quantitative estimate of drug-likeness (QED) is 0.335. The number of carbonyl (C=O) groups is 1. The van der Waals surface area contributed by atoms with Gasteiger partial charge >= 0.3 is 5.97 Å². The van der Waals surface area contributed by atoms with Gasteiger partial charge in [-0.05, 0) is 36.2 Å². The van der Waals surface area contributed by atoms with Crippen LogP contribution < -0.4 is 14.2 Å². The summed E-state index contributed by atoms with van der Waals surface area (Å²) in [5.41, 5.74) is 0.855. The second kappa shape index (κ2) is 7.96. The number of hydrogen-bond donors (Lipinski definition) is 0. The van der Waals surface area contributed by atoms with E-state index in [1.54, 1.807) is 26.4 Å². The minimum atomic E-state index is -0.511. The van der Waals surface area contributed by atoms with Crippen LogP contribution in [0.3, 0.4) is 0 Å². The third kappa shape index (κ3) is 4.45. The molecule has 0 saturated carbocycles. The number of nitro benzene ring substituents is 1. The Labute approximate surface area is 138 Å². The maximum Gasteiger partial charge on any atom is 0.311 e. The zero-order chi connectivity index (χ0) is 17.5. The molecule has 0 saturated heterocycles. The highest BCUT2D eigenvalue weighted by molar-refractivity contribution is 5.72. The van der Waals surface area contributed by atoms with Gasteiger partial charge in [0.1, 0.15) is 5.75 Å². The smallest absolute Gasteiger partial charge is 0.311 e. The Morgan fingerprint density at radius 3 is 2.29 bits per heavy atom. The molecule has 2 aromatic carbocycles. The van der Waals surface area contributed by atoms with Gasteiger partial charge < -0.3 is 14.2 Å². The summed E-state index contributed by atoms with van der Waals surface area (Å²) < 4.78 is 15.5. The second-order valence-corrected chi connectivity index (χ2v) is 4.91. The predicted octanol–water partition coefficient (Wildman–Crippen LogP) is 3.15. The molecule has 0 fully saturated rings. The van der Waals surface area contributed by atoms with Crippen molar-refractivity contribution in [3.8, 4) is 17.2 Å². The standard InChI is InChI=1S/C17H17NO6/c1-22-15-9-3-12(11-16(15)23-2)4-10-17(19)24-14-7-5-13(6-8-14)18(20)21/h3,5-9,11H,4,10H2,1-2H3. The summed E-state index contributed by atoms with van der Waals surface area (Å²) in [6.07, 6.45) is 0.651. The van der Waals surface area contributed by atoms with E-state index >= 15 is 0 Å². The number of esters is 1. The summed E-state index contributed by atoms with van der Waals surface area (Å²) in [4.78, 5) is 21.9. The van der Waals surface area contributed by atoms with Crippen LogP contribution in [-0.4, -0.2) is 25.1 Å². The molecule has 0 bridgehead atoms. The number of nitrogens with zero attached hydrogens (tertiary/aromatic N) is 1. The second-order valence-electron chi connectivity index (χ2n) is 4.91. The fraction of sp³-hybridized carbons (Fsp3) is 0.235. The van der Waals surface area contributed by atoms with Crippen molar-refractivity contribution < 1.29 is 23.9 Å². The first kappa shape index (κ1) is 17.3. The molecule has 0 aliphatic carbocycles. The molecular formula is C17H17NO6. The Hall–Kier alpha value is -3.09. The lowest BCUT2D eigenvalue weighted by Crippen LogP contribution is -2.09. The molecule has 2 aromatic rings. The van der Waals surface area contributed by atoms with Gasteiger partial charge in [0.2, 0.25) is 0 Å². The highest BCUT2D eigenvalue weighted by Gasteiger charge is 2.10. The van der Waals surface area contributed by atoms with E-state index in [2.05, 4.69) is 0 Å². The molecule has 24 heavy (non-hydrogen) atoms. The van der Waals surface area contributed by atoms with Crippen molar-refractivity contribution in [2.75, 3.05) is 14.2 Å². The summed E-state index contributed by atoms with van der Waals surface area (Å²) in [5, 5.41) is 10.6. The van der Waals surface area contributed by atoms with Gasteiger partial charge in [0.05, 0.1) is 19.1 Å². The van der Waals surface area contributed by atoms with E-state index in [4.69, 9.17) is 14.2 Å². The molecular weight excluding hydrogens is 314 g/mol. The Bertz CT molecular complexity index is 726. The van der Waals surface area contributed by atoms with E-state index in [-0.39, 0.29) is 17.9 Å². The van der Waals surface area contributed by atoms with Crippen molar-refractivity contribution in [2.45, 2.75) is 12.8 Å². The van der Waals surface area contributed by atoms with Gasteiger partial charge in [0.25, 0.3) is 5.69 Å². The number of benzene rings is 2. The van der Waals surface area contributed by atoms with E-state index in [0.717, 1.165) is 5.56 Å². The number of nitro groups is 1. The molecule has 0 atom stereocenters. The fourth-order valence-electron chi connectivity index (χ4n) is 2.10. The monoisotopic (exact) mass is 331 g/mol. The van der Waals surface area contributed by atoms with E-state index in [9.17, 15) is 14.9 Å². The minimum Gasteiger partial charge on any atom is -0.493 e. The number of methoxy groups -OCH3 is 2. The van der Waals surface area contributed by atoms with Crippen LogP contribution in [0.5, 0.6) is 17.2 Å². The molecule has 126 valence electrons. The van der Waals surface area contributed by atoms with Crippen molar-refractivity contribution in [3.05, 3.63) is 58.1 Å². The molecule has 7 heteroatoms. The number of carbonyl (C=O) groups excluding carboxylic acids is 1. The van der Waals surface area contributed by atoms with Crippen molar-refractivity contribution in [3.63, 3.8) is 0 Å². The maximum absolute atomic E-state index is 11.9. The lowest BCUT2D eigenvalue weighted by molar-refractivity contribution is -0.384. The molecule has 0 aromatic heterocycles.